The average Bonchev–Trinajstić information content (AvgIpc) is 2.71. The van der Waals surface area contributed by atoms with Crippen LogP contribution in [0.2, 0.25) is 0 Å². The molecule has 0 aliphatic heterocycles. The van der Waals surface area contributed by atoms with Gasteiger partial charge in [0.15, 0.2) is 5.96 Å². The number of nitrogens with zero attached hydrogens (tertiary/aromatic N) is 2. The van der Waals surface area contributed by atoms with Crippen molar-refractivity contribution in [3.8, 4) is 0 Å². The van der Waals surface area contributed by atoms with Crippen molar-refractivity contribution in [2.75, 3.05) is 7.05 Å². The van der Waals surface area contributed by atoms with Crippen LogP contribution in [0.5, 0.6) is 0 Å². The minimum atomic E-state index is 0.413. The molecule has 26 heavy (non-hydrogen) atoms. The number of aryl methyl sites for hydroxylation is 1. The van der Waals surface area contributed by atoms with Crippen molar-refractivity contribution in [1.82, 2.24) is 15.6 Å². The maximum absolute atomic E-state index is 4.54. The van der Waals surface area contributed by atoms with Crippen molar-refractivity contribution in [3.63, 3.8) is 0 Å². The van der Waals surface area contributed by atoms with E-state index < -0.39 is 0 Å². The van der Waals surface area contributed by atoms with Gasteiger partial charge in [-0.2, -0.15) is 0 Å². The van der Waals surface area contributed by atoms with Gasteiger partial charge in [-0.1, -0.05) is 48.5 Å². The Bertz CT molecular complexity index is 927. The first-order valence-electron chi connectivity index (χ1n) is 9.20. The Kier molecular flexibility index (Phi) is 4.82. The first-order valence-corrected chi connectivity index (χ1v) is 9.20. The van der Waals surface area contributed by atoms with E-state index in [-0.39, 0.29) is 0 Å². The molecule has 0 saturated carbocycles. The fourth-order valence-corrected chi connectivity index (χ4v) is 3.70. The number of aliphatic imine (C=N–C) groups is 1. The van der Waals surface area contributed by atoms with E-state index in [4.69, 9.17) is 0 Å². The molecular weight excluding hydrogens is 320 g/mol. The monoisotopic (exact) mass is 344 g/mol. The molecule has 2 aromatic carbocycles. The minimum absolute atomic E-state index is 0.413. The SMILES string of the molecule is CN=C(NCc1nccc2ccccc12)NC1CCc2ccccc2C1. The van der Waals surface area contributed by atoms with Gasteiger partial charge in [-0.3, -0.25) is 9.98 Å². The summed E-state index contributed by atoms with van der Waals surface area (Å²) < 4.78 is 0. The van der Waals surface area contributed by atoms with E-state index in [0.717, 1.165) is 30.9 Å². The third-order valence-corrected chi connectivity index (χ3v) is 5.09. The molecule has 0 saturated heterocycles. The van der Waals surface area contributed by atoms with Gasteiger partial charge in [0, 0.05) is 24.7 Å². The van der Waals surface area contributed by atoms with Crippen LogP contribution in [-0.4, -0.2) is 24.0 Å². The lowest BCUT2D eigenvalue weighted by atomic mass is 9.88. The molecule has 0 spiro atoms. The van der Waals surface area contributed by atoms with E-state index in [0.29, 0.717) is 12.6 Å². The highest BCUT2D eigenvalue weighted by Crippen LogP contribution is 2.21. The highest BCUT2D eigenvalue weighted by atomic mass is 15.2. The lowest BCUT2D eigenvalue weighted by Crippen LogP contribution is -2.45. The van der Waals surface area contributed by atoms with E-state index in [9.17, 15) is 0 Å². The lowest BCUT2D eigenvalue weighted by Gasteiger charge is -2.27. The molecule has 1 aliphatic carbocycles. The second-order valence-electron chi connectivity index (χ2n) is 6.76. The van der Waals surface area contributed by atoms with Gasteiger partial charge in [0.05, 0.1) is 12.2 Å². The normalized spacial score (nSPS) is 17.0. The number of fused-ring (bicyclic) bond motifs is 2. The molecule has 1 aromatic heterocycles. The first kappa shape index (κ1) is 16.6. The summed E-state index contributed by atoms with van der Waals surface area (Å²) in [5.74, 6) is 0.837. The molecule has 1 atom stereocenters. The zero-order valence-electron chi connectivity index (χ0n) is 15.1. The Balaban J connectivity index is 1.41. The third-order valence-electron chi connectivity index (χ3n) is 5.09. The Labute approximate surface area is 154 Å². The summed E-state index contributed by atoms with van der Waals surface area (Å²) in [4.78, 5) is 8.94. The van der Waals surface area contributed by atoms with Crippen LogP contribution >= 0.6 is 0 Å². The molecule has 4 nitrogen and oxygen atoms in total. The van der Waals surface area contributed by atoms with Crippen molar-refractivity contribution in [2.45, 2.75) is 31.8 Å². The molecule has 1 heterocycles. The molecule has 0 fully saturated rings. The molecule has 4 rings (SSSR count). The lowest BCUT2D eigenvalue weighted by molar-refractivity contribution is 0.520. The predicted molar refractivity (Wildman–Crippen MR) is 107 cm³/mol. The van der Waals surface area contributed by atoms with E-state index >= 15 is 0 Å². The Morgan fingerprint density at radius 2 is 1.88 bits per heavy atom. The number of benzene rings is 2. The summed E-state index contributed by atoms with van der Waals surface area (Å²) in [5.41, 5.74) is 3.97. The number of pyridine rings is 1. The van der Waals surface area contributed by atoms with E-state index in [2.05, 4.69) is 69.1 Å². The van der Waals surface area contributed by atoms with E-state index in [1.165, 1.54) is 21.9 Å². The molecule has 3 aromatic rings. The molecule has 4 heteroatoms. The molecular formula is C22H24N4. The van der Waals surface area contributed by atoms with Crippen LogP contribution in [0.1, 0.15) is 23.2 Å². The predicted octanol–water partition coefficient (Wildman–Crippen LogP) is 3.46. The van der Waals surface area contributed by atoms with Crippen LogP contribution in [0, 0.1) is 0 Å². The van der Waals surface area contributed by atoms with Crippen molar-refractivity contribution in [1.29, 1.82) is 0 Å². The van der Waals surface area contributed by atoms with Crippen LogP contribution in [0.25, 0.3) is 10.8 Å². The number of rotatable bonds is 3. The summed E-state index contributed by atoms with van der Waals surface area (Å²) in [6.07, 6.45) is 5.16. The zero-order chi connectivity index (χ0) is 17.8. The van der Waals surface area contributed by atoms with E-state index in [1.807, 2.05) is 19.3 Å². The summed E-state index contributed by atoms with van der Waals surface area (Å²) in [6.45, 7) is 0.657. The standard InChI is InChI=1S/C22H24N4/c1-23-22(26-19-11-10-16-6-2-3-8-18(16)14-19)25-15-21-20-9-5-4-7-17(20)12-13-24-21/h2-9,12-13,19H,10-11,14-15H2,1H3,(H2,23,25,26). The number of nitrogens with one attached hydrogen (secondary N) is 2. The van der Waals surface area contributed by atoms with Gasteiger partial charge in [0.2, 0.25) is 0 Å². The van der Waals surface area contributed by atoms with Crippen molar-refractivity contribution >= 4 is 16.7 Å². The second kappa shape index (κ2) is 7.56. The number of hydrogen-bond donors (Lipinski definition) is 2. The van der Waals surface area contributed by atoms with Gasteiger partial charge >= 0.3 is 0 Å². The fraction of sp³-hybridized carbons (Fsp3) is 0.273. The third kappa shape index (κ3) is 3.54. The molecule has 1 unspecified atom stereocenters. The largest absolute Gasteiger partial charge is 0.353 e. The number of aromatic nitrogens is 1. The summed E-state index contributed by atoms with van der Waals surface area (Å²) in [6, 6.07) is 19.5. The number of hydrogen-bond acceptors (Lipinski definition) is 2. The molecule has 1 aliphatic rings. The molecule has 2 N–H and O–H groups in total. The molecule has 0 amide bonds. The van der Waals surface area contributed by atoms with Crippen LogP contribution in [-0.2, 0) is 19.4 Å². The maximum atomic E-state index is 4.54. The van der Waals surface area contributed by atoms with Gasteiger partial charge in [0.1, 0.15) is 0 Å². The van der Waals surface area contributed by atoms with Gasteiger partial charge in [-0.15, -0.1) is 0 Å². The summed E-state index contributed by atoms with van der Waals surface area (Å²) in [7, 11) is 1.82. The van der Waals surface area contributed by atoms with Crippen LogP contribution in [0.3, 0.4) is 0 Å². The van der Waals surface area contributed by atoms with Crippen LogP contribution in [0.15, 0.2) is 65.8 Å². The average molecular weight is 344 g/mol. The molecule has 0 bridgehead atoms. The van der Waals surface area contributed by atoms with Gasteiger partial charge < -0.3 is 10.6 Å². The van der Waals surface area contributed by atoms with Crippen molar-refractivity contribution in [3.05, 3.63) is 77.6 Å². The number of guanidine groups is 1. The van der Waals surface area contributed by atoms with Crippen molar-refractivity contribution < 1.29 is 0 Å². The highest BCUT2D eigenvalue weighted by Gasteiger charge is 2.19. The highest BCUT2D eigenvalue weighted by molar-refractivity contribution is 5.85. The second-order valence-corrected chi connectivity index (χ2v) is 6.76. The summed E-state index contributed by atoms with van der Waals surface area (Å²) >= 11 is 0. The Morgan fingerprint density at radius 3 is 2.77 bits per heavy atom. The van der Waals surface area contributed by atoms with Gasteiger partial charge in [0.25, 0.3) is 0 Å². The van der Waals surface area contributed by atoms with Gasteiger partial charge in [-0.25, -0.2) is 0 Å². The van der Waals surface area contributed by atoms with Gasteiger partial charge in [-0.05, 0) is 41.8 Å². The Morgan fingerprint density at radius 1 is 1.08 bits per heavy atom. The summed E-state index contributed by atoms with van der Waals surface area (Å²) in [5, 5.41) is 9.40. The maximum Gasteiger partial charge on any atom is 0.191 e. The van der Waals surface area contributed by atoms with E-state index in [1.54, 1.807) is 0 Å². The fourth-order valence-electron chi connectivity index (χ4n) is 3.70. The Hall–Kier alpha value is -2.88. The van der Waals surface area contributed by atoms with Crippen LogP contribution in [0.4, 0.5) is 0 Å². The molecule has 132 valence electrons. The smallest absolute Gasteiger partial charge is 0.191 e. The minimum Gasteiger partial charge on any atom is -0.353 e. The van der Waals surface area contributed by atoms with Crippen LogP contribution < -0.4 is 10.6 Å². The zero-order valence-corrected chi connectivity index (χ0v) is 15.1. The topological polar surface area (TPSA) is 49.3 Å². The molecule has 0 radical (unpaired) electrons. The first-order chi connectivity index (χ1) is 12.8. The van der Waals surface area contributed by atoms with Crippen molar-refractivity contribution in [2.24, 2.45) is 4.99 Å². The quantitative estimate of drug-likeness (QED) is 0.565.